The second-order valence-corrected chi connectivity index (χ2v) is 5.81. The van der Waals surface area contributed by atoms with Crippen molar-refractivity contribution in [1.29, 1.82) is 0 Å². The van der Waals surface area contributed by atoms with Gasteiger partial charge in [0.25, 0.3) is 12.3 Å². The van der Waals surface area contributed by atoms with Gasteiger partial charge in [-0.15, -0.1) is 0 Å². The van der Waals surface area contributed by atoms with E-state index in [1.54, 1.807) is 6.20 Å². The van der Waals surface area contributed by atoms with Gasteiger partial charge in [0.05, 0.1) is 0 Å². The molecule has 0 radical (unpaired) electrons. The second-order valence-electron chi connectivity index (χ2n) is 5.81. The molecule has 3 aromatic rings. The van der Waals surface area contributed by atoms with E-state index < -0.39 is 6.43 Å². The van der Waals surface area contributed by atoms with Gasteiger partial charge in [-0.25, -0.2) is 8.78 Å². The van der Waals surface area contributed by atoms with Crippen molar-refractivity contribution in [3.8, 4) is 23.1 Å². The Labute approximate surface area is 136 Å². The summed E-state index contributed by atoms with van der Waals surface area (Å²) >= 11 is 0. The SMILES string of the molecule is Cn1nc(-c2nc(-c3nccc4c3CCCC4)no2)cc1C(F)F. The molecule has 1 aliphatic carbocycles. The fourth-order valence-electron chi connectivity index (χ4n) is 3.07. The number of fused-ring (bicyclic) bond motifs is 1. The summed E-state index contributed by atoms with van der Waals surface area (Å²) in [5, 5.41) is 7.99. The highest BCUT2D eigenvalue weighted by Crippen LogP contribution is 2.30. The number of pyridine rings is 1. The van der Waals surface area contributed by atoms with Gasteiger partial charge >= 0.3 is 0 Å². The van der Waals surface area contributed by atoms with Gasteiger partial charge in [-0.2, -0.15) is 10.1 Å². The Hall–Kier alpha value is -2.64. The minimum absolute atomic E-state index is 0.114. The Morgan fingerprint density at radius 1 is 1.25 bits per heavy atom. The van der Waals surface area contributed by atoms with Crippen LogP contribution >= 0.6 is 0 Å². The Bertz CT molecular complexity index is 886. The summed E-state index contributed by atoms with van der Waals surface area (Å²) in [7, 11) is 1.46. The molecule has 0 aromatic carbocycles. The number of hydrogen-bond donors (Lipinski definition) is 0. The third-order valence-electron chi connectivity index (χ3n) is 4.27. The van der Waals surface area contributed by atoms with Crippen LogP contribution in [0.15, 0.2) is 22.9 Å². The van der Waals surface area contributed by atoms with Gasteiger partial charge in [-0.3, -0.25) is 9.67 Å². The van der Waals surface area contributed by atoms with Gasteiger partial charge in [0.15, 0.2) is 5.69 Å². The molecule has 3 heterocycles. The molecular weight excluding hydrogens is 316 g/mol. The van der Waals surface area contributed by atoms with E-state index in [9.17, 15) is 8.78 Å². The van der Waals surface area contributed by atoms with E-state index in [1.165, 1.54) is 18.7 Å². The maximum absolute atomic E-state index is 12.9. The molecule has 124 valence electrons. The molecule has 6 nitrogen and oxygen atoms in total. The smallest absolute Gasteiger partial charge is 0.280 e. The van der Waals surface area contributed by atoms with E-state index in [2.05, 4.69) is 20.2 Å². The summed E-state index contributed by atoms with van der Waals surface area (Å²) in [6.45, 7) is 0. The lowest BCUT2D eigenvalue weighted by atomic mass is 9.91. The van der Waals surface area contributed by atoms with E-state index in [-0.39, 0.29) is 17.3 Å². The lowest BCUT2D eigenvalue weighted by Gasteiger charge is -2.16. The Balaban J connectivity index is 1.72. The maximum atomic E-state index is 12.9. The van der Waals surface area contributed by atoms with Crippen molar-refractivity contribution in [2.75, 3.05) is 0 Å². The average molecular weight is 331 g/mol. The van der Waals surface area contributed by atoms with E-state index in [1.807, 2.05) is 6.07 Å². The zero-order chi connectivity index (χ0) is 16.7. The van der Waals surface area contributed by atoms with E-state index in [4.69, 9.17) is 4.52 Å². The molecule has 3 aromatic heterocycles. The van der Waals surface area contributed by atoms with Crippen LogP contribution in [0.5, 0.6) is 0 Å². The zero-order valence-electron chi connectivity index (χ0n) is 13.0. The van der Waals surface area contributed by atoms with Crippen molar-refractivity contribution in [3.63, 3.8) is 0 Å². The first kappa shape index (κ1) is 14.9. The first-order chi connectivity index (χ1) is 11.6. The molecule has 0 atom stereocenters. The predicted octanol–water partition coefficient (Wildman–Crippen LogP) is 3.35. The summed E-state index contributed by atoms with van der Waals surface area (Å²) in [6, 6.07) is 3.28. The average Bonchev–Trinajstić information content (AvgIpc) is 3.21. The van der Waals surface area contributed by atoms with Crippen LogP contribution in [0.4, 0.5) is 8.78 Å². The first-order valence-electron chi connectivity index (χ1n) is 7.77. The largest absolute Gasteiger partial charge is 0.332 e. The number of halogens is 2. The molecule has 0 aliphatic heterocycles. The summed E-state index contributed by atoms with van der Waals surface area (Å²) < 4.78 is 32.1. The fraction of sp³-hybridized carbons (Fsp3) is 0.375. The third-order valence-corrected chi connectivity index (χ3v) is 4.27. The lowest BCUT2D eigenvalue weighted by Crippen LogP contribution is -2.06. The number of rotatable bonds is 3. The summed E-state index contributed by atoms with van der Waals surface area (Å²) in [5.74, 6) is 0.482. The lowest BCUT2D eigenvalue weighted by molar-refractivity contribution is 0.141. The molecule has 0 saturated carbocycles. The minimum Gasteiger partial charge on any atom is -0.332 e. The minimum atomic E-state index is -2.61. The van der Waals surface area contributed by atoms with Crippen molar-refractivity contribution < 1.29 is 13.3 Å². The Morgan fingerprint density at radius 3 is 2.88 bits per heavy atom. The van der Waals surface area contributed by atoms with E-state index in [0.29, 0.717) is 11.5 Å². The number of hydrogen-bond acceptors (Lipinski definition) is 5. The van der Waals surface area contributed by atoms with Crippen LogP contribution < -0.4 is 0 Å². The second kappa shape index (κ2) is 5.77. The highest BCUT2D eigenvalue weighted by Gasteiger charge is 2.22. The van der Waals surface area contributed by atoms with Crippen LogP contribution in [0.3, 0.4) is 0 Å². The van der Waals surface area contributed by atoms with Gasteiger partial charge in [-0.05, 0) is 48.9 Å². The summed E-state index contributed by atoms with van der Waals surface area (Å²) in [6.07, 6.45) is 3.36. The van der Waals surface area contributed by atoms with Crippen LogP contribution in [0.1, 0.15) is 36.1 Å². The van der Waals surface area contributed by atoms with Gasteiger partial charge < -0.3 is 4.52 Å². The van der Waals surface area contributed by atoms with Crippen molar-refractivity contribution in [1.82, 2.24) is 24.9 Å². The van der Waals surface area contributed by atoms with Crippen LogP contribution in [-0.2, 0) is 19.9 Å². The van der Waals surface area contributed by atoms with Crippen LogP contribution in [0.25, 0.3) is 23.1 Å². The normalized spacial score (nSPS) is 14.2. The highest BCUT2D eigenvalue weighted by molar-refractivity contribution is 5.60. The van der Waals surface area contributed by atoms with Gasteiger partial charge in [0, 0.05) is 13.2 Å². The van der Waals surface area contributed by atoms with Crippen LogP contribution in [-0.4, -0.2) is 24.9 Å². The fourth-order valence-corrected chi connectivity index (χ4v) is 3.07. The van der Waals surface area contributed by atoms with Gasteiger partial charge in [0.1, 0.15) is 11.4 Å². The van der Waals surface area contributed by atoms with Crippen molar-refractivity contribution in [3.05, 3.63) is 35.2 Å². The molecule has 24 heavy (non-hydrogen) atoms. The molecule has 1 aliphatic rings. The summed E-state index contributed by atoms with van der Waals surface area (Å²) in [4.78, 5) is 8.70. The van der Waals surface area contributed by atoms with E-state index in [0.717, 1.165) is 35.9 Å². The molecular formula is C16H15F2N5O. The Kier molecular flexibility index (Phi) is 3.59. The molecule has 0 bridgehead atoms. The monoisotopic (exact) mass is 331 g/mol. The topological polar surface area (TPSA) is 69.6 Å². The van der Waals surface area contributed by atoms with Crippen molar-refractivity contribution in [2.24, 2.45) is 7.05 Å². The van der Waals surface area contributed by atoms with Crippen LogP contribution in [0, 0.1) is 0 Å². The molecule has 0 amide bonds. The Morgan fingerprint density at radius 2 is 2.08 bits per heavy atom. The molecule has 0 N–H and O–H groups in total. The number of aryl methyl sites for hydroxylation is 2. The van der Waals surface area contributed by atoms with Gasteiger partial charge in [0.2, 0.25) is 5.82 Å². The quantitative estimate of drug-likeness (QED) is 0.736. The first-order valence-corrected chi connectivity index (χ1v) is 7.77. The maximum Gasteiger partial charge on any atom is 0.280 e. The summed E-state index contributed by atoms with van der Waals surface area (Å²) in [5.41, 5.74) is 3.14. The number of alkyl halides is 2. The standard InChI is InChI=1S/C16H15F2N5O/c1-23-12(14(17)18)8-11(21-23)16-20-15(22-24-16)13-10-5-3-2-4-9(10)6-7-19-13/h6-8,14H,2-5H2,1H3. The predicted molar refractivity (Wildman–Crippen MR) is 81.3 cm³/mol. The number of aromatic nitrogens is 5. The van der Waals surface area contributed by atoms with Crippen LogP contribution in [0.2, 0.25) is 0 Å². The van der Waals surface area contributed by atoms with Crippen molar-refractivity contribution >= 4 is 0 Å². The van der Waals surface area contributed by atoms with Crippen molar-refractivity contribution in [2.45, 2.75) is 32.1 Å². The highest BCUT2D eigenvalue weighted by atomic mass is 19.3. The molecule has 0 fully saturated rings. The van der Waals surface area contributed by atoms with Gasteiger partial charge in [-0.1, -0.05) is 5.16 Å². The molecule has 0 saturated heterocycles. The third kappa shape index (κ3) is 2.47. The molecule has 0 spiro atoms. The van der Waals surface area contributed by atoms with E-state index >= 15 is 0 Å². The molecule has 8 heteroatoms. The number of nitrogens with zero attached hydrogens (tertiary/aromatic N) is 5. The zero-order valence-corrected chi connectivity index (χ0v) is 13.0. The molecule has 4 rings (SSSR count). The molecule has 0 unspecified atom stereocenters.